The lowest BCUT2D eigenvalue weighted by atomic mass is 9.99. The Morgan fingerprint density at radius 3 is 2.56 bits per heavy atom. The van der Waals surface area contributed by atoms with Gasteiger partial charge in [-0.2, -0.15) is 11.8 Å². The van der Waals surface area contributed by atoms with Gasteiger partial charge in [-0.1, -0.05) is 0 Å². The molecule has 5 nitrogen and oxygen atoms in total. The van der Waals surface area contributed by atoms with Gasteiger partial charge in [-0.3, -0.25) is 9.59 Å². The maximum atomic E-state index is 11.8. The van der Waals surface area contributed by atoms with Crippen LogP contribution in [-0.4, -0.2) is 47.7 Å². The van der Waals surface area contributed by atoms with Crippen LogP contribution in [0.1, 0.15) is 19.3 Å². The Morgan fingerprint density at radius 1 is 1.39 bits per heavy atom. The zero-order valence-electron chi connectivity index (χ0n) is 10.5. The number of hydrogen-bond donors (Lipinski definition) is 2. The molecule has 2 rings (SSSR count). The Labute approximate surface area is 111 Å². The van der Waals surface area contributed by atoms with E-state index >= 15 is 0 Å². The predicted octanol–water partition coefficient (Wildman–Crippen LogP) is 0.735. The van der Waals surface area contributed by atoms with Crippen molar-refractivity contribution in [2.75, 3.05) is 26.0 Å². The Hall–Kier alpha value is -0.750. The van der Waals surface area contributed by atoms with Gasteiger partial charge < -0.3 is 15.2 Å². The largest absolute Gasteiger partial charge is 0.481 e. The minimum absolute atomic E-state index is 0.0571. The Balaban J connectivity index is 1.80. The predicted molar refractivity (Wildman–Crippen MR) is 68.5 cm³/mol. The van der Waals surface area contributed by atoms with Crippen LogP contribution in [-0.2, 0) is 14.3 Å². The number of carboxylic acids is 1. The van der Waals surface area contributed by atoms with Gasteiger partial charge in [0.1, 0.15) is 0 Å². The van der Waals surface area contributed by atoms with E-state index in [1.807, 2.05) is 0 Å². The summed E-state index contributed by atoms with van der Waals surface area (Å²) in [4.78, 5) is 22.5. The highest BCUT2D eigenvalue weighted by atomic mass is 32.2. The molecule has 2 N–H and O–H groups in total. The third-order valence-corrected chi connectivity index (χ3v) is 5.28. The van der Waals surface area contributed by atoms with E-state index in [1.165, 1.54) is 0 Å². The third-order valence-electron chi connectivity index (χ3n) is 3.87. The summed E-state index contributed by atoms with van der Waals surface area (Å²) in [5.74, 6) is -1.76. The lowest BCUT2D eigenvalue weighted by Gasteiger charge is -2.35. The highest BCUT2D eigenvalue weighted by Crippen LogP contribution is 2.39. The summed E-state index contributed by atoms with van der Waals surface area (Å²) in [5.41, 5.74) is 0. The van der Waals surface area contributed by atoms with E-state index in [9.17, 15) is 9.59 Å². The topological polar surface area (TPSA) is 75.6 Å². The van der Waals surface area contributed by atoms with E-state index in [4.69, 9.17) is 9.84 Å². The molecule has 0 aromatic heterocycles. The average molecular weight is 273 g/mol. The maximum absolute atomic E-state index is 11.8. The molecule has 2 atom stereocenters. The standard InChI is InChI=1S/C12H19NO4S/c1-18-12(2-4-17-5-3-12)7-13-10(14)8-6-9(8)11(15)16/h8-9H,2-7H2,1H3,(H,13,14)(H,15,16)/t8-,9-/m0/s1. The lowest BCUT2D eigenvalue weighted by molar-refractivity contribution is -0.140. The first-order chi connectivity index (χ1) is 8.58. The van der Waals surface area contributed by atoms with Gasteiger partial charge in [-0.05, 0) is 25.5 Å². The van der Waals surface area contributed by atoms with E-state index in [0.29, 0.717) is 13.0 Å². The molecule has 6 heteroatoms. The number of rotatable bonds is 5. The summed E-state index contributed by atoms with van der Waals surface area (Å²) < 4.78 is 5.40. The first-order valence-corrected chi connectivity index (χ1v) is 7.44. The van der Waals surface area contributed by atoms with Gasteiger partial charge in [-0.25, -0.2) is 0 Å². The Kier molecular flexibility index (Phi) is 4.17. The van der Waals surface area contributed by atoms with Crippen molar-refractivity contribution in [3.63, 3.8) is 0 Å². The molecule has 1 aliphatic heterocycles. The molecule has 1 amide bonds. The van der Waals surface area contributed by atoms with Crippen LogP contribution >= 0.6 is 11.8 Å². The van der Waals surface area contributed by atoms with Crippen molar-refractivity contribution in [2.24, 2.45) is 11.8 Å². The molecule has 0 unspecified atom stereocenters. The summed E-state index contributed by atoms with van der Waals surface area (Å²) in [6.07, 6.45) is 4.40. The molecule has 1 saturated heterocycles. The van der Waals surface area contributed by atoms with Crippen LogP contribution in [0.2, 0.25) is 0 Å². The fraction of sp³-hybridized carbons (Fsp3) is 0.833. The minimum Gasteiger partial charge on any atom is -0.481 e. The molecule has 2 fully saturated rings. The van der Waals surface area contributed by atoms with Crippen LogP contribution in [0.3, 0.4) is 0 Å². The molecule has 1 saturated carbocycles. The summed E-state index contributed by atoms with van der Waals surface area (Å²) in [6, 6.07) is 0. The normalized spacial score (nSPS) is 29.6. The van der Waals surface area contributed by atoms with Crippen molar-refractivity contribution < 1.29 is 19.4 Å². The van der Waals surface area contributed by atoms with Gasteiger partial charge in [0, 0.05) is 24.5 Å². The first kappa shape index (κ1) is 13.7. The zero-order chi connectivity index (χ0) is 13.2. The van der Waals surface area contributed by atoms with Gasteiger partial charge >= 0.3 is 5.97 Å². The Morgan fingerprint density at radius 2 is 2.06 bits per heavy atom. The second-order valence-electron chi connectivity index (χ2n) is 5.00. The van der Waals surface area contributed by atoms with Gasteiger partial charge in [0.25, 0.3) is 0 Å². The number of hydrogen-bond acceptors (Lipinski definition) is 4. The molecule has 1 aliphatic carbocycles. The third kappa shape index (κ3) is 2.98. The summed E-state index contributed by atoms with van der Waals surface area (Å²) in [5, 5.41) is 11.7. The molecule has 2 aliphatic rings. The summed E-state index contributed by atoms with van der Waals surface area (Å²) >= 11 is 1.76. The van der Waals surface area contributed by atoms with E-state index in [0.717, 1.165) is 26.1 Å². The molecule has 1 heterocycles. The number of aliphatic carboxylic acids is 1. The summed E-state index contributed by atoms with van der Waals surface area (Å²) in [7, 11) is 0. The summed E-state index contributed by atoms with van der Waals surface area (Å²) in [6.45, 7) is 2.08. The molecular weight excluding hydrogens is 254 g/mol. The van der Waals surface area contributed by atoms with Crippen molar-refractivity contribution in [1.29, 1.82) is 0 Å². The van der Waals surface area contributed by atoms with Crippen LogP contribution in [0, 0.1) is 11.8 Å². The van der Waals surface area contributed by atoms with Crippen LogP contribution in [0.15, 0.2) is 0 Å². The van der Waals surface area contributed by atoms with Gasteiger partial charge in [-0.15, -0.1) is 0 Å². The molecule has 102 valence electrons. The smallest absolute Gasteiger partial charge is 0.307 e. The molecular formula is C12H19NO4S. The highest BCUT2D eigenvalue weighted by molar-refractivity contribution is 8.00. The van der Waals surface area contributed by atoms with E-state index in [-0.39, 0.29) is 16.6 Å². The van der Waals surface area contributed by atoms with Crippen LogP contribution < -0.4 is 5.32 Å². The fourth-order valence-corrected chi connectivity index (χ4v) is 3.12. The molecule has 0 radical (unpaired) electrons. The monoisotopic (exact) mass is 273 g/mol. The number of carbonyl (C=O) groups excluding carboxylic acids is 1. The van der Waals surface area contributed by atoms with E-state index < -0.39 is 11.9 Å². The molecule has 0 aromatic rings. The zero-order valence-corrected chi connectivity index (χ0v) is 11.3. The van der Waals surface area contributed by atoms with Crippen molar-refractivity contribution in [3.05, 3.63) is 0 Å². The number of ether oxygens (including phenoxy) is 1. The van der Waals surface area contributed by atoms with Crippen molar-refractivity contribution >= 4 is 23.6 Å². The van der Waals surface area contributed by atoms with Gasteiger partial charge in [0.2, 0.25) is 5.91 Å². The van der Waals surface area contributed by atoms with Crippen molar-refractivity contribution in [1.82, 2.24) is 5.32 Å². The molecule has 18 heavy (non-hydrogen) atoms. The highest BCUT2D eigenvalue weighted by Gasteiger charge is 2.48. The van der Waals surface area contributed by atoms with Crippen LogP contribution in [0.5, 0.6) is 0 Å². The number of carbonyl (C=O) groups is 2. The fourth-order valence-electron chi connectivity index (χ4n) is 2.33. The van der Waals surface area contributed by atoms with E-state index in [2.05, 4.69) is 11.6 Å². The van der Waals surface area contributed by atoms with Crippen molar-refractivity contribution in [3.8, 4) is 0 Å². The second kappa shape index (κ2) is 5.48. The minimum atomic E-state index is -0.860. The molecule has 0 bridgehead atoms. The first-order valence-electron chi connectivity index (χ1n) is 6.21. The maximum Gasteiger partial charge on any atom is 0.307 e. The quantitative estimate of drug-likeness (QED) is 0.772. The second-order valence-corrected chi connectivity index (χ2v) is 6.28. The van der Waals surface area contributed by atoms with Gasteiger partial charge in [0.05, 0.1) is 11.8 Å². The van der Waals surface area contributed by atoms with Crippen LogP contribution in [0.4, 0.5) is 0 Å². The SMILES string of the molecule is CSC1(CNC(=O)[C@H]2C[C@@H]2C(=O)O)CCOCC1. The van der Waals surface area contributed by atoms with Crippen LogP contribution in [0.25, 0.3) is 0 Å². The number of thioether (sulfide) groups is 1. The van der Waals surface area contributed by atoms with Crippen molar-refractivity contribution in [2.45, 2.75) is 24.0 Å². The Bertz CT molecular complexity index is 341. The molecule has 0 aromatic carbocycles. The number of carboxylic acid groups (broad SMARTS) is 1. The number of amides is 1. The number of nitrogens with one attached hydrogen (secondary N) is 1. The van der Waals surface area contributed by atoms with Gasteiger partial charge in [0.15, 0.2) is 0 Å². The lowest BCUT2D eigenvalue weighted by Crippen LogP contribution is -2.44. The van der Waals surface area contributed by atoms with E-state index in [1.54, 1.807) is 11.8 Å². The molecule has 0 spiro atoms. The average Bonchev–Trinajstić information content (AvgIpc) is 3.17.